The van der Waals surface area contributed by atoms with Gasteiger partial charge in [-0.3, -0.25) is 0 Å². The van der Waals surface area contributed by atoms with Crippen LogP contribution in [0.2, 0.25) is 0 Å². The van der Waals surface area contributed by atoms with Crippen molar-refractivity contribution < 1.29 is 19.1 Å². The molecule has 0 N–H and O–H groups in total. The van der Waals surface area contributed by atoms with E-state index in [0.717, 1.165) is 38.5 Å². The smallest absolute Gasteiger partial charge is 0.339 e. The fraction of sp³-hybridized carbons (Fsp3) is 0.750. The molecule has 0 spiro atoms. The predicted molar refractivity (Wildman–Crippen MR) is 150 cm³/mol. The first-order chi connectivity index (χ1) is 17.4. The van der Waals surface area contributed by atoms with Crippen LogP contribution in [0.4, 0.5) is 0 Å². The highest BCUT2D eigenvalue weighted by atomic mass is 16.5. The molecular weight excluding hydrogens is 448 g/mol. The molecule has 1 rings (SSSR count). The van der Waals surface area contributed by atoms with Crippen LogP contribution in [0.1, 0.15) is 139 Å². The molecule has 4 nitrogen and oxygen atoms in total. The fourth-order valence-electron chi connectivity index (χ4n) is 4.99. The lowest BCUT2D eigenvalue weighted by molar-refractivity contribution is 0.0368. The van der Waals surface area contributed by atoms with E-state index in [-0.39, 0.29) is 0 Å². The summed E-state index contributed by atoms with van der Waals surface area (Å²) < 4.78 is 11.5. The standard InChI is InChI=1S/C32H54O4/c1-7-13-17-25(9-3)21-27(11-5)23-35-31(33)29-19-15-16-20-30(29)32(34)36-24-28(12-6)22-26(10-4)18-14-8-2/h15-16,19-20,25-28H,7-14,17-18,21-24H2,1-6H3. The summed E-state index contributed by atoms with van der Waals surface area (Å²) in [6.45, 7) is 14.1. The van der Waals surface area contributed by atoms with Crippen molar-refractivity contribution in [3.05, 3.63) is 35.4 Å². The number of ether oxygens (including phenoxy) is 2. The van der Waals surface area contributed by atoms with Crippen molar-refractivity contribution in [1.82, 2.24) is 0 Å². The second kappa shape index (κ2) is 19.3. The third kappa shape index (κ3) is 11.9. The molecule has 0 aliphatic heterocycles. The van der Waals surface area contributed by atoms with E-state index in [1.165, 1.54) is 38.5 Å². The number of unbranched alkanes of at least 4 members (excludes halogenated alkanes) is 2. The van der Waals surface area contributed by atoms with Crippen molar-refractivity contribution in [2.24, 2.45) is 23.7 Å². The molecule has 4 heteroatoms. The van der Waals surface area contributed by atoms with Crippen LogP contribution in [0.5, 0.6) is 0 Å². The first-order valence-corrected chi connectivity index (χ1v) is 14.9. The van der Waals surface area contributed by atoms with Gasteiger partial charge in [0.2, 0.25) is 0 Å². The van der Waals surface area contributed by atoms with Crippen LogP contribution >= 0.6 is 0 Å². The highest BCUT2D eigenvalue weighted by Gasteiger charge is 2.23. The highest BCUT2D eigenvalue weighted by molar-refractivity contribution is 6.03. The van der Waals surface area contributed by atoms with E-state index >= 15 is 0 Å². The Morgan fingerprint density at radius 1 is 0.611 bits per heavy atom. The number of carbonyl (C=O) groups is 2. The first kappa shape index (κ1) is 32.2. The van der Waals surface area contributed by atoms with Crippen LogP contribution in [0.15, 0.2) is 24.3 Å². The zero-order valence-corrected chi connectivity index (χ0v) is 24.2. The lowest BCUT2D eigenvalue weighted by atomic mass is 9.88. The third-order valence-corrected chi connectivity index (χ3v) is 7.84. The van der Waals surface area contributed by atoms with Crippen LogP contribution in [0.25, 0.3) is 0 Å². The van der Waals surface area contributed by atoms with Crippen molar-refractivity contribution in [2.45, 2.75) is 119 Å². The van der Waals surface area contributed by atoms with Gasteiger partial charge in [0.05, 0.1) is 24.3 Å². The van der Waals surface area contributed by atoms with E-state index in [1.54, 1.807) is 24.3 Å². The van der Waals surface area contributed by atoms with E-state index in [0.29, 0.717) is 48.0 Å². The maximum atomic E-state index is 13.0. The van der Waals surface area contributed by atoms with Gasteiger partial charge in [0.1, 0.15) is 0 Å². The molecule has 0 fully saturated rings. The van der Waals surface area contributed by atoms with E-state index in [9.17, 15) is 9.59 Å². The summed E-state index contributed by atoms with van der Waals surface area (Å²) in [5, 5.41) is 0. The molecule has 0 heterocycles. The van der Waals surface area contributed by atoms with Gasteiger partial charge in [-0.2, -0.15) is 0 Å². The molecule has 4 unspecified atom stereocenters. The molecule has 0 amide bonds. The molecule has 0 aliphatic carbocycles. The van der Waals surface area contributed by atoms with Crippen molar-refractivity contribution in [3.8, 4) is 0 Å². The summed E-state index contributed by atoms with van der Waals surface area (Å²) in [7, 11) is 0. The first-order valence-electron chi connectivity index (χ1n) is 14.9. The molecule has 0 aromatic heterocycles. The van der Waals surface area contributed by atoms with Gasteiger partial charge in [-0.15, -0.1) is 0 Å². The van der Waals surface area contributed by atoms with Gasteiger partial charge in [-0.05, 0) is 48.6 Å². The van der Waals surface area contributed by atoms with E-state index < -0.39 is 11.9 Å². The normalized spacial score (nSPS) is 14.6. The van der Waals surface area contributed by atoms with Gasteiger partial charge < -0.3 is 9.47 Å². The average molecular weight is 503 g/mol. The van der Waals surface area contributed by atoms with Crippen LogP contribution in [-0.2, 0) is 9.47 Å². The molecule has 4 atom stereocenters. The third-order valence-electron chi connectivity index (χ3n) is 7.84. The quantitative estimate of drug-likeness (QED) is 0.167. The summed E-state index contributed by atoms with van der Waals surface area (Å²) in [4.78, 5) is 25.9. The number of esters is 2. The molecule has 0 radical (unpaired) electrons. The van der Waals surface area contributed by atoms with Crippen molar-refractivity contribution in [2.75, 3.05) is 13.2 Å². The van der Waals surface area contributed by atoms with Crippen LogP contribution in [0.3, 0.4) is 0 Å². The second-order valence-electron chi connectivity index (χ2n) is 10.6. The van der Waals surface area contributed by atoms with E-state index in [4.69, 9.17) is 9.47 Å². The number of benzene rings is 1. The lowest BCUT2D eigenvalue weighted by Crippen LogP contribution is -2.21. The Hall–Kier alpha value is -1.84. The monoisotopic (exact) mass is 502 g/mol. The zero-order valence-electron chi connectivity index (χ0n) is 24.2. The molecule has 36 heavy (non-hydrogen) atoms. The molecule has 206 valence electrons. The largest absolute Gasteiger partial charge is 0.462 e. The molecule has 0 saturated heterocycles. The number of carbonyl (C=O) groups excluding carboxylic acids is 2. The topological polar surface area (TPSA) is 52.6 Å². The van der Waals surface area contributed by atoms with Gasteiger partial charge >= 0.3 is 11.9 Å². The zero-order chi connectivity index (χ0) is 26.8. The summed E-state index contributed by atoms with van der Waals surface area (Å²) >= 11 is 0. The SMILES string of the molecule is CCCCC(CC)CC(CC)COC(=O)c1ccccc1C(=O)OCC(CC)CC(CC)CCCC. The van der Waals surface area contributed by atoms with Crippen molar-refractivity contribution >= 4 is 11.9 Å². The van der Waals surface area contributed by atoms with Crippen molar-refractivity contribution in [1.29, 1.82) is 0 Å². The summed E-state index contributed by atoms with van der Waals surface area (Å²) in [6.07, 6.45) is 13.9. The minimum absolute atomic E-state index is 0.304. The molecule has 0 saturated carbocycles. The number of hydrogen-bond donors (Lipinski definition) is 0. The second-order valence-corrected chi connectivity index (χ2v) is 10.6. The van der Waals surface area contributed by atoms with Gasteiger partial charge in [0, 0.05) is 0 Å². The highest BCUT2D eigenvalue weighted by Crippen LogP contribution is 2.26. The average Bonchev–Trinajstić information content (AvgIpc) is 2.92. The minimum Gasteiger partial charge on any atom is -0.462 e. The molecule has 1 aromatic rings. The maximum absolute atomic E-state index is 13.0. The van der Waals surface area contributed by atoms with Gasteiger partial charge in [-0.1, -0.05) is 118 Å². The Morgan fingerprint density at radius 3 is 1.28 bits per heavy atom. The van der Waals surface area contributed by atoms with Gasteiger partial charge in [0.25, 0.3) is 0 Å². The Balaban J connectivity index is 2.72. The maximum Gasteiger partial charge on any atom is 0.339 e. The molecule has 0 bridgehead atoms. The van der Waals surface area contributed by atoms with E-state index in [1.807, 2.05) is 0 Å². The molecular formula is C32H54O4. The minimum atomic E-state index is -0.430. The summed E-state index contributed by atoms with van der Waals surface area (Å²) in [6, 6.07) is 6.89. The predicted octanol–water partition coefficient (Wildman–Crippen LogP) is 9.27. The summed E-state index contributed by atoms with van der Waals surface area (Å²) in [5.74, 6) is 1.19. The van der Waals surface area contributed by atoms with Gasteiger partial charge in [-0.25, -0.2) is 9.59 Å². The van der Waals surface area contributed by atoms with Crippen molar-refractivity contribution in [3.63, 3.8) is 0 Å². The van der Waals surface area contributed by atoms with E-state index in [2.05, 4.69) is 41.5 Å². The Morgan fingerprint density at radius 2 is 0.972 bits per heavy atom. The Bertz CT molecular complexity index is 668. The molecule has 0 aliphatic rings. The Kier molecular flexibility index (Phi) is 17.3. The number of hydrogen-bond acceptors (Lipinski definition) is 4. The van der Waals surface area contributed by atoms with Crippen LogP contribution < -0.4 is 0 Å². The summed E-state index contributed by atoms with van der Waals surface area (Å²) in [5.41, 5.74) is 0.607. The Labute approximate surface area is 221 Å². The number of rotatable bonds is 20. The van der Waals surface area contributed by atoms with Crippen LogP contribution in [0, 0.1) is 23.7 Å². The fourth-order valence-corrected chi connectivity index (χ4v) is 4.99. The lowest BCUT2D eigenvalue weighted by Gasteiger charge is -2.22. The van der Waals surface area contributed by atoms with Crippen LogP contribution in [-0.4, -0.2) is 25.2 Å². The van der Waals surface area contributed by atoms with Gasteiger partial charge in [0.15, 0.2) is 0 Å². The molecule has 1 aromatic carbocycles.